The second kappa shape index (κ2) is 8.11. The van der Waals surface area contributed by atoms with Gasteiger partial charge in [0.05, 0.1) is 7.11 Å². The molecule has 1 atom stereocenters. The van der Waals surface area contributed by atoms with Crippen LogP contribution in [0.15, 0.2) is 58.3 Å². The first-order chi connectivity index (χ1) is 10.3. The van der Waals surface area contributed by atoms with Gasteiger partial charge < -0.3 is 10.1 Å². The predicted octanol–water partition coefficient (Wildman–Crippen LogP) is 4.91. The monoisotopic (exact) mass is 301 g/mol. The molecule has 0 aliphatic carbocycles. The summed E-state index contributed by atoms with van der Waals surface area (Å²) in [5.41, 5.74) is 1.36. The maximum atomic E-state index is 5.26. The molecule has 2 aromatic rings. The Bertz CT molecular complexity index is 553. The molecular weight excluding hydrogens is 278 g/mol. The first kappa shape index (κ1) is 15.9. The molecule has 0 spiro atoms. The van der Waals surface area contributed by atoms with Gasteiger partial charge in [-0.3, -0.25) is 0 Å². The number of methoxy groups -OCH3 is 1. The molecule has 1 unspecified atom stereocenters. The number of benzene rings is 2. The van der Waals surface area contributed by atoms with Gasteiger partial charge in [0.1, 0.15) is 5.75 Å². The summed E-state index contributed by atoms with van der Waals surface area (Å²) in [5.74, 6) is 0.898. The Morgan fingerprint density at radius 2 is 1.81 bits per heavy atom. The molecule has 2 rings (SSSR count). The van der Waals surface area contributed by atoms with Crippen molar-refractivity contribution < 1.29 is 4.74 Å². The van der Waals surface area contributed by atoms with Crippen LogP contribution in [-0.4, -0.2) is 13.7 Å². The van der Waals surface area contributed by atoms with Crippen molar-refractivity contribution >= 4 is 11.8 Å². The maximum Gasteiger partial charge on any atom is 0.119 e. The van der Waals surface area contributed by atoms with Crippen LogP contribution in [0.5, 0.6) is 5.75 Å². The van der Waals surface area contributed by atoms with E-state index in [1.54, 1.807) is 18.9 Å². The molecule has 0 aliphatic rings. The van der Waals surface area contributed by atoms with Crippen LogP contribution in [0, 0.1) is 0 Å². The lowest BCUT2D eigenvalue weighted by atomic mass is 10.1. The quantitative estimate of drug-likeness (QED) is 0.785. The Morgan fingerprint density at radius 1 is 1.05 bits per heavy atom. The van der Waals surface area contributed by atoms with Crippen LogP contribution in [0.1, 0.15) is 31.9 Å². The SMILES string of the molecule is CCNC(CC)c1ccc(Sc2cccc(OC)c2)cc1. The highest BCUT2D eigenvalue weighted by molar-refractivity contribution is 7.99. The van der Waals surface area contributed by atoms with Crippen molar-refractivity contribution in [3.05, 3.63) is 54.1 Å². The Labute approximate surface area is 131 Å². The van der Waals surface area contributed by atoms with Crippen LogP contribution in [0.4, 0.5) is 0 Å². The highest BCUT2D eigenvalue weighted by Gasteiger charge is 2.07. The summed E-state index contributed by atoms with van der Waals surface area (Å²) in [6, 6.07) is 17.4. The molecule has 0 amide bonds. The largest absolute Gasteiger partial charge is 0.497 e. The summed E-state index contributed by atoms with van der Waals surface area (Å²) >= 11 is 1.76. The fraction of sp³-hybridized carbons (Fsp3) is 0.333. The van der Waals surface area contributed by atoms with E-state index in [-0.39, 0.29) is 0 Å². The zero-order valence-electron chi connectivity index (χ0n) is 12.9. The predicted molar refractivity (Wildman–Crippen MR) is 90.3 cm³/mol. The van der Waals surface area contributed by atoms with Crippen molar-refractivity contribution in [1.82, 2.24) is 5.32 Å². The Morgan fingerprint density at radius 3 is 2.43 bits per heavy atom. The van der Waals surface area contributed by atoms with Crippen molar-refractivity contribution in [3.63, 3.8) is 0 Å². The van der Waals surface area contributed by atoms with Crippen LogP contribution >= 0.6 is 11.8 Å². The third-order valence-corrected chi connectivity index (χ3v) is 4.42. The van der Waals surface area contributed by atoms with Crippen LogP contribution in [0.3, 0.4) is 0 Å². The van der Waals surface area contributed by atoms with Crippen molar-refractivity contribution in [2.24, 2.45) is 0 Å². The van der Waals surface area contributed by atoms with Crippen molar-refractivity contribution in [1.29, 1.82) is 0 Å². The van der Waals surface area contributed by atoms with Crippen molar-refractivity contribution in [3.8, 4) is 5.75 Å². The van der Waals surface area contributed by atoms with E-state index >= 15 is 0 Å². The van der Waals surface area contributed by atoms with E-state index in [0.29, 0.717) is 6.04 Å². The molecule has 21 heavy (non-hydrogen) atoms. The molecule has 112 valence electrons. The minimum Gasteiger partial charge on any atom is -0.497 e. The maximum absolute atomic E-state index is 5.26. The van der Waals surface area contributed by atoms with Crippen molar-refractivity contribution in [2.75, 3.05) is 13.7 Å². The standard InChI is InChI=1S/C18H23NOS/c1-4-18(19-5-2)14-9-11-16(12-10-14)21-17-8-6-7-15(13-17)20-3/h6-13,18-19H,4-5H2,1-3H3. The Balaban J connectivity index is 2.08. The van der Waals surface area contributed by atoms with Gasteiger partial charge in [-0.1, -0.05) is 43.8 Å². The summed E-state index contributed by atoms with van der Waals surface area (Å²) in [4.78, 5) is 2.44. The van der Waals surface area contributed by atoms with Crippen molar-refractivity contribution in [2.45, 2.75) is 36.1 Å². The van der Waals surface area contributed by atoms with E-state index in [1.165, 1.54) is 15.4 Å². The highest BCUT2D eigenvalue weighted by atomic mass is 32.2. The van der Waals surface area contributed by atoms with Gasteiger partial charge in [-0.15, -0.1) is 0 Å². The van der Waals surface area contributed by atoms with Gasteiger partial charge in [0.25, 0.3) is 0 Å². The minimum atomic E-state index is 0.450. The van der Waals surface area contributed by atoms with E-state index < -0.39 is 0 Å². The van der Waals surface area contributed by atoms with Crippen LogP contribution < -0.4 is 10.1 Å². The molecule has 0 saturated heterocycles. The van der Waals surface area contributed by atoms with Gasteiger partial charge in [0, 0.05) is 15.8 Å². The number of rotatable bonds is 7. The van der Waals surface area contributed by atoms with Gasteiger partial charge in [-0.2, -0.15) is 0 Å². The second-order valence-electron chi connectivity index (χ2n) is 4.87. The topological polar surface area (TPSA) is 21.3 Å². The highest BCUT2D eigenvalue weighted by Crippen LogP contribution is 2.31. The second-order valence-corrected chi connectivity index (χ2v) is 6.02. The fourth-order valence-electron chi connectivity index (χ4n) is 2.31. The Kier molecular flexibility index (Phi) is 6.15. The van der Waals surface area contributed by atoms with E-state index in [4.69, 9.17) is 4.74 Å². The first-order valence-electron chi connectivity index (χ1n) is 7.42. The fourth-order valence-corrected chi connectivity index (χ4v) is 3.18. The first-order valence-corrected chi connectivity index (χ1v) is 8.23. The van der Waals surface area contributed by atoms with Crippen LogP contribution in [-0.2, 0) is 0 Å². The van der Waals surface area contributed by atoms with Gasteiger partial charge in [0.15, 0.2) is 0 Å². The summed E-state index contributed by atoms with van der Waals surface area (Å²) in [6.07, 6.45) is 1.11. The molecule has 2 aromatic carbocycles. The summed E-state index contributed by atoms with van der Waals surface area (Å²) in [5, 5.41) is 3.51. The molecule has 3 heteroatoms. The normalized spacial score (nSPS) is 12.1. The zero-order valence-corrected chi connectivity index (χ0v) is 13.7. The third kappa shape index (κ3) is 4.51. The molecule has 0 saturated carbocycles. The van der Waals surface area contributed by atoms with Gasteiger partial charge in [0.2, 0.25) is 0 Å². The molecule has 0 heterocycles. The molecule has 0 aromatic heterocycles. The van der Waals surface area contributed by atoms with E-state index in [0.717, 1.165) is 18.7 Å². The molecule has 0 radical (unpaired) electrons. The third-order valence-electron chi connectivity index (χ3n) is 3.42. The van der Waals surface area contributed by atoms with E-state index in [2.05, 4.69) is 55.6 Å². The number of ether oxygens (including phenoxy) is 1. The van der Waals surface area contributed by atoms with Crippen LogP contribution in [0.25, 0.3) is 0 Å². The Hall–Kier alpha value is -1.45. The van der Waals surface area contributed by atoms with Crippen LogP contribution in [0.2, 0.25) is 0 Å². The lowest BCUT2D eigenvalue weighted by Gasteiger charge is -2.16. The van der Waals surface area contributed by atoms with Gasteiger partial charge >= 0.3 is 0 Å². The van der Waals surface area contributed by atoms with E-state index in [1.807, 2.05) is 12.1 Å². The number of hydrogen-bond donors (Lipinski definition) is 1. The zero-order chi connectivity index (χ0) is 15.1. The number of nitrogens with one attached hydrogen (secondary N) is 1. The lowest BCUT2D eigenvalue weighted by molar-refractivity contribution is 0.413. The molecule has 2 nitrogen and oxygen atoms in total. The molecule has 0 bridgehead atoms. The summed E-state index contributed by atoms with van der Waals surface area (Å²) in [7, 11) is 1.70. The summed E-state index contributed by atoms with van der Waals surface area (Å²) < 4.78 is 5.26. The minimum absolute atomic E-state index is 0.450. The summed E-state index contributed by atoms with van der Waals surface area (Å²) in [6.45, 7) is 5.36. The molecular formula is C18H23NOS. The molecule has 1 N–H and O–H groups in total. The van der Waals surface area contributed by atoms with Gasteiger partial charge in [-0.05, 0) is 48.9 Å². The number of hydrogen-bond acceptors (Lipinski definition) is 3. The van der Waals surface area contributed by atoms with E-state index in [9.17, 15) is 0 Å². The average Bonchev–Trinajstić information content (AvgIpc) is 2.54. The smallest absolute Gasteiger partial charge is 0.119 e. The molecule has 0 fully saturated rings. The average molecular weight is 301 g/mol. The molecule has 0 aliphatic heterocycles. The van der Waals surface area contributed by atoms with Gasteiger partial charge in [-0.25, -0.2) is 0 Å². The lowest BCUT2D eigenvalue weighted by Crippen LogP contribution is -2.19.